The van der Waals surface area contributed by atoms with Crippen molar-refractivity contribution in [3.05, 3.63) is 217 Å². The average molecular weight is 729 g/mol. The third-order valence-corrected chi connectivity index (χ3v) is 11.7. The SMILES string of the molecule is c1ccc(-c2nc(-c3cccc4c5ccccc5n(-c5ccccc5)c34)nc(C3(c4ccc5c(c4)oc4ccccc45)c4ccccc4-c4ccccc43)n2)cc1. The van der Waals surface area contributed by atoms with Gasteiger partial charge in [-0.05, 0) is 64.2 Å². The Hall–Kier alpha value is -7.63. The van der Waals surface area contributed by atoms with Crippen LogP contribution < -0.4 is 0 Å². The van der Waals surface area contributed by atoms with Gasteiger partial charge in [-0.25, -0.2) is 15.0 Å². The number of aromatic nitrogens is 4. The van der Waals surface area contributed by atoms with Gasteiger partial charge in [0.1, 0.15) is 16.6 Å². The molecule has 0 atom stereocenters. The van der Waals surface area contributed by atoms with Crippen LogP contribution in [-0.2, 0) is 5.41 Å². The molecule has 3 heterocycles. The standard InChI is InChI=1S/C52H32N4O/c1-3-16-33(17-4-1)49-53-50(42-25-15-24-41-38-22-9-13-28-45(38)56(48(41)42)35-18-5-2-6-19-35)55-51(54-49)52(43-26-11-7-20-36(43)37-21-8-12-27-44(37)52)34-30-31-40-39-23-10-14-29-46(39)57-47(40)32-34/h1-32H. The summed E-state index contributed by atoms with van der Waals surface area (Å²) in [6, 6.07) is 68.1. The summed E-state index contributed by atoms with van der Waals surface area (Å²) in [5.41, 5.74) is 11.5. The van der Waals surface area contributed by atoms with Gasteiger partial charge in [-0.1, -0.05) is 158 Å². The minimum Gasteiger partial charge on any atom is -0.456 e. The average Bonchev–Trinajstić information content (AvgIpc) is 3.93. The molecule has 0 radical (unpaired) electrons. The first-order valence-corrected chi connectivity index (χ1v) is 19.3. The van der Waals surface area contributed by atoms with Crippen molar-refractivity contribution in [1.82, 2.24) is 19.5 Å². The smallest absolute Gasteiger partial charge is 0.165 e. The maximum absolute atomic E-state index is 6.57. The molecular formula is C52H32N4O. The van der Waals surface area contributed by atoms with Crippen LogP contribution in [0, 0.1) is 0 Å². The zero-order valence-electron chi connectivity index (χ0n) is 30.7. The van der Waals surface area contributed by atoms with E-state index in [0.29, 0.717) is 17.5 Å². The second-order valence-corrected chi connectivity index (χ2v) is 14.7. The second-order valence-electron chi connectivity index (χ2n) is 14.7. The molecule has 11 aromatic rings. The van der Waals surface area contributed by atoms with Gasteiger partial charge in [-0.15, -0.1) is 0 Å². The lowest BCUT2D eigenvalue weighted by atomic mass is 9.71. The zero-order chi connectivity index (χ0) is 37.5. The molecule has 0 spiro atoms. The Kier molecular flexibility index (Phi) is 6.78. The largest absolute Gasteiger partial charge is 0.456 e. The lowest BCUT2D eigenvalue weighted by Gasteiger charge is -2.32. The summed E-state index contributed by atoms with van der Waals surface area (Å²) in [5, 5.41) is 4.48. The normalized spacial score (nSPS) is 13.1. The molecule has 0 fully saturated rings. The molecule has 0 saturated heterocycles. The van der Waals surface area contributed by atoms with Gasteiger partial charge in [-0.2, -0.15) is 0 Å². The van der Waals surface area contributed by atoms with Crippen LogP contribution in [0.1, 0.15) is 22.5 Å². The number of furan rings is 1. The van der Waals surface area contributed by atoms with Gasteiger partial charge in [0, 0.05) is 38.4 Å². The van der Waals surface area contributed by atoms with E-state index < -0.39 is 5.41 Å². The third-order valence-electron chi connectivity index (χ3n) is 11.7. The summed E-state index contributed by atoms with van der Waals surface area (Å²) in [4.78, 5) is 16.6. The molecule has 5 nitrogen and oxygen atoms in total. The van der Waals surface area contributed by atoms with Gasteiger partial charge in [-0.3, -0.25) is 0 Å². The molecule has 5 heteroatoms. The van der Waals surface area contributed by atoms with Crippen molar-refractivity contribution in [3.8, 4) is 39.6 Å². The van der Waals surface area contributed by atoms with Crippen molar-refractivity contribution < 1.29 is 4.42 Å². The van der Waals surface area contributed by atoms with Crippen molar-refractivity contribution in [3.63, 3.8) is 0 Å². The highest BCUT2D eigenvalue weighted by Gasteiger charge is 2.49. The molecular weight excluding hydrogens is 697 g/mol. The first kappa shape index (κ1) is 31.7. The van der Waals surface area contributed by atoms with Gasteiger partial charge < -0.3 is 8.98 Å². The Labute approximate surface area is 328 Å². The van der Waals surface area contributed by atoms with Crippen LogP contribution in [0.5, 0.6) is 0 Å². The van der Waals surface area contributed by atoms with E-state index in [2.05, 4.69) is 168 Å². The highest BCUT2D eigenvalue weighted by molar-refractivity contribution is 6.13. The van der Waals surface area contributed by atoms with Crippen LogP contribution in [0.3, 0.4) is 0 Å². The second kappa shape index (κ2) is 12.2. The molecule has 0 aliphatic heterocycles. The van der Waals surface area contributed by atoms with Gasteiger partial charge in [0.2, 0.25) is 0 Å². The van der Waals surface area contributed by atoms with E-state index in [4.69, 9.17) is 19.4 Å². The molecule has 1 aliphatic rings. The first-order chi connectivity index (χ1) is 28.3. The maximum Gasteiger partial charge on any atom is 0.165 e. The fraction of sp³-hybridized carbons (Fsp3) is 0.0192. The maximum atomic E-state index is 6.57. The fourth-order valence-corrected chi connectivity index (χ4v) is 9.30. The molecule has 0 N–H and O–H groups in total. The number of fused-ring (bicyclic) bond motifs is 9. The molecule has 0 saturated carbocycles. The Balaban J connectivity index is 1.22. The van der Waals surface area contributed by atoms with Crippen molar-refractivity contribution in [2.24, 2.45) is 0 Å². The van der Waals surface area contributed by atoms with Crippen LogP contribution in [-0.4, -0.2) is 19.5 Å². The number of para-hydroxylation sites is 4. The summed E-state index contributed by atoms with van der Waals surface area (Å²) in [7, 11) is 0. The third kappa shape index (κ3) is 4.54. The van der Waals surface area contributed by atoms with Crippen molar-refractivity contribution in [1.29, 1.82) is 0 Å². The van der Waals surface area contributed by atoms with E-state index >= 15 is 0 Å². The van der Waals surface area contributed by atoms with Crippen molar-refractivity contribution >= 4 is 43.7 Å². The van der Waals surface area contributed by atoms with Gasteiger partial charge in [0.25, 0.3) is 0 Å². The van der Waals surface area contributed by atoms with E-state index in [1.807, 2.05) is 30.3 Å². The molecule has 57 heavy (non-hydrogen) atoms. The van der Waals surface area contributed by atoms with Crippen LogP contribution in [0.4, 0.5) is 0 Å². The predicted molar refractivity (Wildman–Crippen MR) is 230 cm³/mol. The van der Waals surface area contributed by atoms with E-state index in [0.717, 1.165) is 83.0 Å². The molecule has 8 aromatic carbocycles. The summed E-state index contributed by atoms with van der Waals surface area (Å²) >= 11 is 0. The Morgan fingerprint density at radius 1 is 0.421 bits per heavy atom. The number of benzene rings is 8. The van der Waals surface area contributed by atoms with Gasteiger partial charge in [0.15, 0.2) is 17.5 Å². The highest BCUT2D eigenvalue weighted by Crippen LogP contribution is 2.56. The lowest BCUT2D eigenvalue weighted by molar-refractivity contribution is 0.660. The topological polar surface area (TPSA) is 56.7 Å². The summed E-state index contributed by atoms with van der Waals surface area (Å²) in [5.74, 6) is 1.87. The van der Waals surface area contributed by atoms with Gasteiger partial charge >= 0.3 is 0 Å². The number of rotatable bonds is 5. The Bertz CT molecular complexity index is 3320. The molecule has 12 rings (SSSR count). The van der Waals surface area contributed by atoms with Crippen molar-refractivity contribution in [2.45, 2.75) is 5.41 Å². The van der Waals surface area contributed by atoms with E-state index in [9.17, 15) is 0 Å². The van der Waals surface area contributed by atoms with E-state index in [1.54, 1.807) is 0 Å². The fourth-order valence-electron chi connectivity index (χ4n) is 9.30. The molecule has 0 unspecified atom stereocenters. The Morgan fingerprint density at radius 3 is 1.81 bits per heavy atom. The van der Waals surface area contributed by atoms with Crippen molar-refractivity contribution in [2.75, 3.05) is 0 Å². The first-order valence-electron chi connectivity index (χ1n) is 19.3. The van der Waals surface area contributed by atoms with Crippen LogP contribution in [0.25, 0.3) is 83.3 Å². The number of nitrogens with zero attached hydrogens (tertiary/aromatic N) is 4. The summed E-state index contributed by atoms with van der Waals surface area (Å²) in [6.07, 6.45) is 0. The monoisotopic (exact) mass is 728 g/mol. The minimum atomic E-state index is -0.901. The summed E-state index contributed by atoms with van der Waals surface area (Å²) < 4.78 is 8.92. The Morgan fingerprint density at radius 2 is 1.02 bits per heavy atom. The van der Waals surface area contributed by atoms with E-state index in [-0.39, 0.29) is 0 Å². The number of hydrogen-bond donors (Lipinski definition) is 0. The van der Waals surface area contributed by atoms with Gasteiger partial charge in [0.05, 0.1) is 11.0 Å². The zero-order valence-corrected chi connectivity index (χ0v) is 30.7. The quantitative estimate of drug-likeness (QED) is 0.177. The molecule has 0 bridgehead atoms. The van der Waals surface area contributed by atoms with Crippen LogP contribution in [0.2, 0.25) is 0 Å². The molecule has 266 valence electrons. The van der Waals surface area contributed by atoms with Crippen LogP contribution in [0.15, 0.2) is 199 Å². The minimum absolute atomic E-state index is 0.607. The van der Waals surface area contributed by atoms with Crippen LogP contribution >= 0.6 is 0 Å². The molecule has 0 amide bonds. The molecule has 1 aliphatic carbocycles. The number of hydrogen-bond acceptors (Lipinski definition) is 4. The van der Waals surface area contributed by atoms with E-state index in [1.165, 1.54) is 5.39 Å². The lowest BCUT2D eigenvalue weighted by Crippen LogP contribution is -2.31. The predicted octanol–water partition coefficient (Wildman–Crippen LogP) is 12.6. The highest BCUT2D eigenvalue weighted by atomic mass is 16.3. The summed E-state index contributed by atoms with van der Waals surface area (Å²) in [6.45, 7) is 0. The molecule has 3 aromatic heterocycles.